The topological polar surface area (TPSA) is 58.0 Å². The maximum absolute atomic E-state index is 11.9. The number of pyridine rings is 1. The number of furan rings is 1. The minimum atomic E-state index is -0.0707. The minimum Gasteiger partial charge on any atom is -0.469 e. The molecule has 2 aromatic heterocycles. The summed E-state index contributed by atoms with van der Waals surface area (Å²) in [5.74, 6) is 1.66. The zero-order valence-corrected chi connectivity index (χ0v) is 10.3. The Bertz CT molecular complexity index is 729. The molecule has 0 amide bonds. The van der Waals surface area contributed by atoms with Crippen LogP contribution in [0.2, 0.25) is 0 Å². The number of H-pyrrole nitrogens is 1. The SMILES string of the molecule is O=c1[nH]c(NCCc2ccco2)cc2ccccc12. The van der Waals surface area contributed by atoms with Gasteiger partial charge in [0.25, 0.3) is 5.56 Å². The Balaban J connectivity index is 1.76. The summed E-state index contributed by atoms with van der Waals surface area (Å²) < 4.78 is 5.25. The fraction of sp³-hybridized carbons (Fsp3) is 0.133. The van der Waals surface area contributed by atoms with Crippen molar-refractivity contribution >= 4 is 16.6 Å². The summed E-state index contributed by atoms with van der Waals surface area (Å²) in [6.45, 7) is 0.710. The first kappa shape index (κ1) is 11.6. The van der Waals surface area contributed by atoms with E-state index in [1.165, 1.54) is 0 Å². The average molecular weight is 254 g/mol. The molecule has 0 bridgehead atoms. The average Bonchev–Trinajstić information content (AvgIpc) is 2.92. The van der Waals surface area contributed by atoms with Gasteiger partial charge in [0.05, 0.1) is 6.26 Å². The molecular formula is C15H14N2O2. The Hall–Kier alpha value is -2.49. The number of anilines is 1. The van der Waals surface area contributed by atoms with Gasteiger partial charge >= 0.3 is 0 Å². The van der Waals surface area contributed by atoms with Crippen LogP contribution in [-0.4, -0.2) is 11.5 Å². The first-order valence-corrected chi connectivity index (χ1v) is 6.21. The number of rotatable bonds is 4. The van der Waals surface area contributed by atoms with Crippen molar-refractivity contribution < 1.29 is 4.42 Å². The molecule has 4 heteroatoms. The zero-order chi connectivity index (χ0) is 13.1. The Kier molecular flexibility index (Phi) is 3.06. The maximum Gasteiger partial charge on any atom is 0.257 e. The molecule has 2 N–H and O–H groups in total. The van der Waals surface area contributed by atoms with E-state index in [0.29, 0.717) is 11.9 Å². The van der Waals surface area contributed by atoms with Gasteiger partial charge in [-0.15, -0.1) is 0 Å². The largest absolute Gasteiger partial charge is 0.469 e. The third-order valence-electron chi connectivity index (χ3n) is 3.02. The quantitative estimate of drug-likeness (QED) is 0.752. The summed E-state index contributed by atoms with van der Waals surface area (Å²) in [4.78, 5) is 14.7. The first-order chi connectivity index (χ1) is 9.33. The molecule has 0 saturated heterocycles. The molecule has 0 aliphatic heterocycles. The molecule has 1 aromatic carbocycles. The summed E-state index contributed by atoms with van der Waals surface area (Å²) in [5, 5.41) is 4.84. The van der Waals surface area contributed by atoms with Crippen molar-refractivity contribution in [2.24, 2.45) is 0 Å². The van der Waals surface area contributed by atoms with E-state index in [4.69, 9.17) is 4.42 Å². The van der Waals surface area contributed by atoms with E-state index in [1.807, 2.05) is 42.5 Å². The number of aromatic amines is 1. The van der Waals surface area contributed by atoms with Gasteiger partial charge in [0.2, 0.25) is 0 Å². The Morgan fingerprint density at radius 1 is 1.16 bits per heavy atom. The summed E-state index contributed by atoms with van der Waals surface area (Å²) in [6, 6.07) is 13.3. The van der Waals surface area contributed by atoms with Crippen molar-refractivity contribution in [3.8, 4) is 0 Å². The van der Waals surface area contributed by atoms with E-state index in [0.717, 1.165) is 23.4 Å². The van der Waals surface area contributed by atoms with Crippen molar-refractivity contribution in [1.29, 1.82) is 0 Å². The summed E-state index contributed by atoms with van der Waals surface area (Å²) in [5.41, 5.74) is -0.0707. The molecule has 0 aliphatic carbocycles. The van der Waals surface area contributed by atoms with E-state index >= 15 is 0 Å². The standard InChI is InChI=1S/C15H14N2O2/c18-15-13-6-2-1-4-11(13)10-14(17-15)16-8-7-12-5-3-9-19-12/h1-6,9-10H,7-8H2,(H2,16,17,18). The first-order valence-electron chi connectivity index (χ1n) is 6.21. The Labute approximate surface area is 110 Å². The fourth-order valence-electron chi connectivity index (χ4n) is 2.08. The number of hydrogen-bond acceptors (Lipinski definition) is 3. The van der Waals surface area contributed by atoms with Crippen molar-refractivity contribution in [2.75, 3.05) is 11.9 Å². The van der Waals surface area contributed by atoms with E-state index in [1.54, 1.807) is 6.26 Å². The van der Waals surface area contributed by atoms with Crippen LogP contribution < -0.4 is 10.9 Å². The molecule has 0 radical (unpaired) electrons. The molecule has 96 valence electrons. The third kappa shape index (κ3) is 2.52. The number of aromatic nitrogens is 1. The predicted octanol–water partition coefficient (Wildman–Crippen LogP) is 2.78. The molecule has 0 spiro atoms. The van der Waals surface area contributed by atoms with E-state index in [-0.39, 0.29) is 5.56 Å². The van der Waals surface area contributed by atoms with Gasteiger partial charge in [-0.25, -0.2) is 0 Å². The van der Waals surface area contributed by atoms with Gasteiger partial charge in [-0.2, -0.15) is 0 Å². The highest BCUT2D eigenvalue weighted by atomic mass is 16.3. The van der Waals surface area contributed by atoms with Crippen LogP contribution in [0, 0.1) is 0 Å². The van der Waals surface area contributed by atoms with E-state index in [2.05, 4.69) is 10.3 Å². The third-order valence-corrected chi connectivity index (χ3v) is 3.02. The molecule has 0 unspecified atom stereocenters. The second kappa shape index (κ2) is 5.02. The lowest BCUT2D eigenvalue weighted by Crippen LogP contribution is -2.12. The lowest BCUT2D eigenvalue weighted by atomic mass is 10.2. The smallest absolute Gasteiger partial charge is 0.257 e. The lowest BCUT2D eigenvalue weighted by molar-refractivity contribution is 0.513. The van der Waals surface area contributed by atoms with Crippen LogP contribution in [0.5, 0.6) is 0 Å². The second-order valence-corrected chi connectivity index (χ2v) is 4.36. The van der Waals surface area contributed by atoms with Gasteiger partial charge < -0.3 is 14.7 Å². The molecule has 0 fully saturated rings. The highest BCUT2D eigenvalue weighted by molar-refractivity contribution is 5.83. The van der Waals surface area contributed by atoms with Crippen LogP contribution in [0.1, 0.15) is 5.76 Å². The molecule has 0 aliphatic rings. The molecule has 4 nitrogen and oxygen atoms in total. The lowest BCUT2D eigenvalue weighted by Gasteiger charge is -2.06. The van der Waals surface area contributed by atoms with E-state index in [9.17, 15) is 4.79 Å². The van der Waals surface area contributed by atoms with Crippen LogP contribution in [0.15, 0.2) is 57.9 Å². The van der Waals surface area contributed by atoms with Crippen molar-refractivity contribution in [2.45, 2.75) is 6.42 Å². The highest BCUT2D eigenvalue weighted by Gasteiger charge is 2.01. The molecule has 0 atom stereocenters. The van der Waals surface area contributed by atoms with Gasteiger partial charge in [0, 0.05) is 18.4 Å². The molecule has 19 heavy (non-hydrogen) atoms. The van der Waals surface area contributed by atoms with Crippen LogP contribution in [-0.2, 0) is 6.42 Å². The van der Waals surface area contributed by atoms with Gasteiger partial charge in [-0.05, 0) is 29.7 Å². The number of hydrogen-bond donors (Lipinski definition) is 2. The molecular weight excluding hydrogens is 240 g/mol. The van der Waals surface area contributed by atoms with Gasteiger partial charge in [-0.3, -0.25) is 4.79 Å². The number of nitrogens with one attached hydrogen (secondary N) is 2. The van der Waals surface area contributed by atoms with Gasteiger partial charge in [-0.1, -0.05) is 18.2 Å². The van der Waals surface area contributed by atoms with Crippen LogP contribution >= 0.6 is 0 Å². The van der Waals surface area contributed by atoms with Crippen molar-refractivity contribution in [1.82, 2.24) is 4.98 Å². The van der Waals surface area contributed by atoms with Crippen molar-refractivity contribution in [3.05, 3.63) is 64.8 Å². The van der Waals surface area contributed by atoms with E-state index < -0.39 is 0 Å². The monoisotopic (exact) mass is 254 g/mol. The second-order valence-electron chi connectivity index (χ2n) is 4.36. The predicted molar refractivity (Wildman–Crippen MR) is 75.5 cm³/mol. The highest BCUT2D eigenvalue weighted by Crippen LogP contribution is 2.12. The Morgan fingerprint density at radius 3 is 2.89 bits per heavy atom. The summed E-state index contributed by atoms with van der Waals surface area (Å²) in [6.07, 6.45) is 2.44. The Morgan fingerprint density at radius 2 is 2.05 bits per heavy atom. The normalized spacial score (nSPS) is 10.7. The van der Waals surface area contributed by atoms with Gasteiger partial charge in [0.15, 0.2) is 0 Å². The molecule has 0 saturated carbocycles. The molecule has 2 heterocycles. The molecule has 3 rings (SSSR count). The zero-order valence-electron chi connectivity index (χ0n) is 10.3. The maximum atomic E-state index is 11.9. The number of fused-ring (bicyclic) bond motifs is 1. The van der Waals surface area contributed by atoms with Crippen molar-refractivity contribution in [3.63, 3.8) is 0 Å². The van der Waals surface area contributed by atoms with Crippen LogP contribution in [0.3, 0.4) is 0 Å². The minimum absolute atomic E-state index is 0.0707. The number of benzene rings is 1. The molecule has 3 aromatic rings. The van der Waals surface area contributed by atoms with Crippen LogP contribution in [0.4, 0.5) is 5.82 Å². The summed E-state index contributed by atoms with van der Waals surface area (Å²) in [7, 11) is 0. The van der Waals surface area contributed by atoms with Gasteiger partial charge in [0.1, 0.15) is 11.6 Å². The van der Waals surface area contributed by atoms with Crippen LogP contribution in [0.25, 0.3) is 10.8 Å². The fourth-order valence-corrected chi connectivity index (χ4v) is 2.08. The summed E-state index contributed by atoms with van der Waals surface area (Å²) >= 11 is 0.